The van der Waals surface area contributed by atoms with Crippen molar-refractivity contribution in [3.8, 4) is 5.75 Å². The predicted octanol–water partition coefficient (Wildman–Crippen LogP) is 3.44. The molecule has 0 fully saturated rings. The van der Waals surface area contributed by atoms with Crippen LogP contribution in [0.5, 0.6) is 5.75 Å². The van der Waals surface area contributed by atoms with Crippen molar-refractivity contribution in [2.24, 2.45) is 0 Å². The molecule has 0 aliphatic carbocycles. The number of fused-ring (bicyclic) bond motifs is 1. The molecule has 2 N–H and O–H groups in total. The van der Waals surface area contributed by atoms with Crippen LogP contribution in [0.15, 0.2) is 48.7 Å². The monoisotopic (exact) mass is 285 g/mol. The minimum Gasteiger partial charge on any atom is -0.487 e. The second-order valence-electron chi connectivity index (χ2n) is 4.28. The molecular formula is C15H12ClN3O. The van der Waals surface area contributed by atoms with E-state index >= 15 is 0 Å². The van der Waals surface area contributed by atoms with Crippen molar-refractivity contribution in [3.63, 3.8) is 0 Å². The van der Waals surface area contributed by atoms with E-state index < -0.39 is 0 Å². The second-order valence-corrected chi connectivity index (χ2v) is 4.69. The van der Waals surface area contributed by atoms with E-state index in [-0.39, 0.29) is 6.61 Å². The summed E-state index contributed by atoms with van der Waals surface area (Å²) in [4.78, 5) is 8.46. The molecular weight excluding hydrogens is 274 g/mol. The van der Waals surface area contributed by atoms with E-state index in [1.165, 1.54) is 0 Å². The fourth-order valence-electron chi connectivity index (χ4n) is 1.95. The Kier molecular flexibility index (Phi) is 3.39. The molecule has 20 heavy (non-hydrogen) atoms. The highest BCUT2D eigenvalue weighted by molar-refractivity contribution is 6.31. The zero-order valence-electron chi connectivity index (χ0n) is 10.6. The van der Waals surface area contributed by atoms with E-state index in [1.54, 1.807) is 18.3 Å². The molecule has 0 aliphatic rings. The lowest BCUT2D eigenvalue weighted by molar-refractivity contribution is 0.305. The summed E-state index contributed by atoms with van der Waals surface area (Å²) in [6.07, 6.45) is 1.75. The van der Waals surface area contributed by atoms with E-state index in [9.17, 15) is 0 Å². The summed E-state index contributed by atoms with van der Waals surface area (Å²) < 4.78 is 5.80. The number of ether oxygens (including phenoxy) is 1. The second kappa shape index (κ2) is 5.35. The topological polar surface area (TPSA) is 61.0 Å². The highest BCUT2D eigenvalue weighted by atomic mass is 35.5. The molecule has 0 amide bonds. The summed E-state index contributed by atoms with van der Waals surface area (Å²) in [6.45, 7) is 0.262. The summed E-state index contributed by atoms with van der Waals surface area (Å²) in [5.74, 6) is 1.17. The van der Waals surface area contributed by atoms with Gasteiger partial charge in [-0.2, -0.15) is 0 Å². The van der Waals surface area contributed by atoms with Gasteiger partial charge in [0.15, 0.2) is 0 Å². The van der Waals surface area contributed by atoms with Gasteiger partial charge in [-0.25, -0.2) is 4.98 Å². The molecule has 0 aliphatic heterocycles. The number of benzene rings is 1. The van der Waals surface area contributed by atoms with Gasteiger partial charge in [-0.1, -0.05) is 17.7 Å². The largest absolute Gasteiger partial charge is 0.487 e. The van der Waals surface area contributed by atoms with Gasteiger partial charge >= 0.3 is 0 Å². The van der Waals surface area contributed by atoms with Crippen molar-refractivity contribution in [3.05, 3.63) is 59.4 Å². The first kappa shape index (κ1) is 12.7. The van der Waals surface area contributed by atoms with Gasteiger partial charge < -0.3 is 10.5 Å². The number of anilines is 1. The van der Waals surface area contributed by atoms with Gasteiger partial charge in [-0.05, 0) is 36.4 Å². The molecule has 0 saturated carbocycles. The molecule has 5 heteroatoms. The number of aromatic nitrogens is 2. The molecule has 2 heterocycles. The fourth-order valence-corrected chi connectivity index (χ4v) is 2.11. The first-order valence-corrected chi connectivity index (χ1v) is 6.49. The first-order chi connectivity index (χ1) is 9.74. The van der Waals surface area contributed by atoms with E-state index in [1.807, 2.05) is 30.3 Å². The first-order valence-electron chi connectivity index (χ1n) is 6.11. The Morgan fingerprint density at radius 2 is 2.00 bits per heavy atom. The van der Waals surface area contributed by atoms with Crippen molar-refractivity contribution in [2.75, 3.05) is 5.73 Å². The van der Waals surface area contributed by atoms with Gasteiger partial charge in [0.05, 0.1) is 16.2 Å². The van der Waals surface area contributed by atoms with Gasteiger partial charge in [0.2, 0.25) is 0 Å². The molecule has 1 aromatic carbocycles. The lowest BCUT2D eigenvalue weighted by Crippen LogP contribution is -2.02. The summed E-state index contributed by atoms with van der Waals surface area (Å²) >= 11 is 6.07. The maximum atomic E-state index is 6.07. The van der Waals surface area contributed by atoms with Crippen LogP contribution < -0.4 is 10.5 Å². The normalized spacial score (nSPS) is 10.7. The Balaban J connectivity index is 1.89. The van der Waals surface area contributed by atoms with Gasteiger partial charge in [0.1, 0.15) is 18.2 Å². The third-order valence-electron chi connectivity index (χ3n) is 2.91. The predicted molar refractivity (Wildman–Crippen MR) is 79.7 cm³/mol. The van der Waals surface area contributed by atoms with Crippen molar-refractivity contribution in [1.82, 2.24) is 9.97 Å². The Bertz CT molecular complexity index is 756. The van der Waals surface area contributed by atoms with Crippen LogP contribution in [0.4, 0.5) is 5.82 Å². The number of halogens is 1. The number of rotatable bonds is 3. The van der Waals surface area contributed by atoms with Crippen LogP contribution in [0.2, 0.25) is 5.02 Å². The van der Waals surface area contributed by atoms with Crippen molar-refractivity contribution in [2.45, 2.75) is 6.61 Å². The Morgan fingerprint density at radius 1 is 1.10 bits per heavy atom. The zero-order valence-corrected chi connectivity index (χ0v) is 11.3. The zero-order chi connectivity index (χ0) is 13.9. The smallest absolute Gasteiger partial charge is 0.132 e. The Morgan fingerprint density at radius 3 is 2.90 bits per heavy atom. The number of nitrogens with two attached hydrogens (primary N) is 1. The van der Waals surface area contributed by atoms with E-state index in [4.69, 9.17) is 22.1 Å². The number of hydrogen-bond donors (Lipinski definition) is 1. The lowest BCUT2D eigenvalue weighted by atomic mass is 10.2. The number of pyridine rings is 2. The highest BCUT2D eigenvalue weighted by Crippen LogP contribution is 2.25. The van der Waals surface area contributed by atoms with Crippen LogP contribution >= 0.6 is 11.6 Å². The van der Waals surface area contributed by atoms with E-state index in [0.717, 1.165) is 16.7 Å². The van der Waals surface area contributed by atoms with Crippen molar-refractivity contribution in [1.29, 1.82) is 0 Å². The molecule has 2 aromatic heterocycles. The fraction of sp³-hybridized carbons (Fsp3) is 0.0667. The van der Waals surface area contributed by atoms with Crippen LogP contribution in [0.3, 0.4) is 0 Å². The molecule has 3 aromatic rings. The minimum atomic E-state index is 0.262. The number of nitrogens with zero attached hydrogens (tertiary/aromatic N) is 2. The van der Waals surface area contributed by atoms with Crippen LogP contribution in [-0.2, 0) is 6.61 Å². The standard InChI is InChI=1S/C15H12ClN3O/c16-11-6-7-15(17)19-13(11)9-20-14-5-1-4-12-10(14)3-2-8-18-12/h1-8H,9H2,(H2,17,19). The molecule has 4 nitrogen and oxygen atoms in total. The molecule has 3 rings (SSSR count). The molecule has 0 bridgehead atoms. The molecule has 0 unspecified atom stereocenters. The SMILES string of the molecule is Nc1ccc(Cl)c(COc2cccc3ncccc23)n1. The maximum Gasteiger partial charge on any atom is 0.132 e. The summed E-state index contributed by atoms with van der Waals surface area (Å²) in [5, 5.41) is 1.49. The molecule has 0 radical (unpaired) electrons. The third kappa shape index (κ3) is 2.51. The minimum absolute atomic E-state index is 0.262. The molecule has 0 atom stereocenters. The van der Waals surface area contributed by atoms with Crippen LogP contribution in [0, 0.1) is 0 Å². The lowest BCUT2D eigenvalue weighted by Gasteiger charge is -2.09. The van der Waals surface area contributed by atoms with E-state index in [0.29, 0.717) is 16.5 Å². The highest BCUT2D eigenvalue weighted by Gasteiger charge is 2.06. The molecule has 0 spiro atoms. The van der Waals surface area contributed by atoms with Gasteiger partial charge in [-0.15, -0.1) is 0 Å². The van der Waals surface area contributed by atoms with Gasteiger partial charge in [0, 0.05) is 11.6 Å². The van der Waals surface area contributed by atoms with Gasteiger partial charge in [0.25, 0.3) is 0 Å². The number of nitrogen functional groups attached to an aromatic ring is 1. The summed E-state index contributed by atoms with van der Waals surface area (Å²) in [5.41, 5.74) is 7.16. The average Bonchev–Trinajstić information content (AvgIpc) is 2.48. The van der Waals surface area contributed by atoms with Crippen molar-refractivity contribution < 1.29 is 4.74 Å². The molecule has 100 valence electrons. The quantitative estimate of drug-likeness (QED) is 0.801. The number of hydrogen-bond acceptors (Lipinski definition) is 4. The van der Waals surface area contributed by atoms with Crippen LogP contribution in [-0.4, -0.2) is 9.97 Å². The van der Waals surface area contributed by atoms with Crippen LogP contribution in [0.25, 0.3) is 10.9 Å². The summed E-state index contributed by atoms with van der Waals surface area (Å²) in [7, 11) is 0. The average molecular weight is 286 g/mol. The van der Waals surface area contributed by atoms with Crippen molar-refractivity contribution >= 4 is 28.3 Å². The third-order valence-corrected chi connectivity index (χ3v) is 3.25. The van der Waals surface area contributed by atoms with E-state index in [2.05, 4.69) is 9.97 Å². The summed E-state index contributed by atoms with van der Waals surface area (Å²) in [6, 6.07) is 12.9. The van der Waals surface area contributed by atoms with Gasteiger partial charge in [-0.3, -0.25) is 4.98 Å². The maximum absolute atomic E-state index is 6.07. The molecule has 0 saturated heterocycles. The Labute approximate surface area is 121 Å². The Hall–Kier alpha value is -2.33. The van der Waals surface area contributed by atoms with Crippen LogP contribution in [0.1, 0.15) is 5.69 Å².